The Bertz CT molecular complexity index is 613. The van der Waals surface area contributed by atoms with Crippen LogP contribution < -0.4 is 5.32 Å². The van der Waals surface area contributed by atoms with Crippen molar-refractivity contribution in [3.8, 4) is 0 Å². The number of nitrogens with zero attached hydrogens (tertiary/aromatic N) is 1. The van der Waals surface area contributed by atoms with E-state index in [1.54, 1.807) is 6.92 Å². The lowest BCUT2D eigenvalue weighted by molar-refractivity contribution is -0.384. The first kappa shape index (κ1) is 16.6. The second-order valence-electron chi connectivity index (χ2n) is 3.95. The van der Waals surface area contributed by atoms with Crippen LogP contribution >= 0.6 is 11.6 Å². The van der Waals surface area contributed by atoms with Crippen LogP contribution in [-0.4, -0.2) is 23.4 Å². The molecule has 1 amide bonds. The number of allylic oxidation sites excluding steroid dienone is 1. The molecule has 1 N–H and O–H groups in total. The smallest absolute Gasteiger partial charge is 0.332 e. The average molecular weight is 313 g/mol. The quantitative estimate of drug-likeness (QED) is 0.389. The minimum absolute atomic E-state index is 0.0533. The van der Waals surface area contributed by atoms with Gasteiger partial charge in [0, 0.05) is 23.9 Å². The highest BCUT2D eigenvalue weighted by molar-refractivity contribution is 6.34. The zero-order valence-corrected chi connectivity index (χ0v) is 12.1. The monoisotopic (exact) mass is 312 g/mol. The molecule has 8 heteroatoms. The Labute approximate surface area is 125 Å². The molecule has 0 aliphatic rings. The number of halogens is 1. The number of hydrogen-bond acceptors (Lipinski definition) is 5. The van der Waals surface area contributed by atoms with Crippen molar-refractivity contribution in [3.05, 3.63) is 50.7 Å². The van der Waals surface area contributed by atoms with Crippen molar-refractivity contribution in [1.82, 2.24) is 5.32 Å². The zero-order valence-electron chi connectivity index (χ0n) is 11.4. The van der Waals surface area contributed by atoms with E-state index in [-0.39, 0.29) is 28.6 Å². The van der Waals surface area contributed by atoms with Crippen LogP contribution in [0.1, 0.15) is 24.2 Å². The zero-order chi connectivity index (χ0) is 16.0. The van der Waals surface area contributed by atoms with Gasteiger partial charge in [0.05, 0.1) is 22.1 Å². The minimum atomic E-state index is -0.651. The second kappa shape index (κ2) is 7.39. The van der Waals surface area contributed by atoms with Gasteiger partial charge in [0.25, 0.3) is 11.6 Å². The van der Waals surface area contributed by atoms with Gasteiger partial charge in [-0.1, -0.05) is 11.6 Å². The summed E-state index contributed by atoms with van der Waals surface area (Å²) in [5.74, 6) is -1.25. The Morgan fingerprint density at radius 1 is 1.48 bits per heavy atom. The first-order chi connectivity index (χ1) is 9.85. The second-order valence-corrected chi connectivity index (χ2v) is 4.36. The summed E-state index contributed by atoms with van der Waals surface area (Å²) in [7, 11) is 0. The van der Waals surface area contributed by atoms with Gasteiger partial charge in [-0.25, -0.2) is 4.79 Å². The van der Waals surface area contributed by atoms with Crippen LogP contribution in [0.15, 0.2) is 30.0 Å². The maximum absolute atomic E-state index is 12.0. The van der Waals surface area contributed by atoms with E-state index in [1.807, 2.05) is 0 Å². The first-order valence-corrected chi connectivity index (χ1v) is 6.33. The molecule has 112 valence electrons. The van der Waals surface area contributed by atoms with Gasteiger partial charge in [-0.3, -0.25) is 14.9 Å². The largest absolute Gasteiger partial charge is 0.463 e. The molecule has 7 nitrogen and oxygen atoms in total. The number of rotatable bonds is 5. The van der Waals surface area contributed by atoms with E-state index >= 15 is 0 Å². The Morgan fingerprint density at radius 2 is 2.14 bits per heavy atom. The molecule has 0 aliphatic carbocycles. The van der Waals surface area contributed by atoms with Crippen molar-refractivity contribution in [2.45, 2.75) is 13.8 Å². The van der Waals surface area contributed by atoms with Crippen LogP contribution in [0, 0.1) is 10.1 Å². The summed E-state index contributed by atoms with van der Waals surface area (Å²) < 4.78 is 4.69. The highest BCUT2D eigenvalue weighted by Crippen LogP contribution is 2.22. The fourth-order valence-electron chi connectivity index (χ4n) is 1.44. The molecule has 0 aromatic heterocycles. The normalized spacial score (nSPS) is 10.9. The molecule has 21 heavy (non-hydrogen) atoms. The number of nitrogens with one attached hydrogen (secondary N) is 1. The topological polar surface area (TPSA) is 98.5 Å². The molecule has 1 aromatic rings. The number of hydrogen-bond donors (Lipinski definition) is 1. The highest BCUT2D eigenvalue weighted by Gasteiger charge is 2.16. The number of non-ortho nitro benzene ring substituents is 1. The summed E-state index contributed by atoms with van der Waals surface area (Å²) in [6, 6.07) is 3.52. The van der Waals surface area contributed by atoms with E-state index in [1.165, 1.54) is 19.1 Å². The number of nitro groups is 1. The Hall–Kier alpha value is -2.41. The van der Waals surface area contributed by atoms with Gasteiger partial charge < -0.3 is 10.1 Å². The van der Waals surface area contributed by atoms with Gasteiger partial charge in [-0.15, -0.1) is 0 Å². The van der Waals surface area contributed by atoms with E-state index in [0.717, 1.165) is 12.1 Å². The molecule has 0 atom stereocenters. The third-order valence-electron chi connectivity index (χ3n) is 2.34. The van der Waals surface area contributed by atoms with Crippen LogP contribution in [0.4, 0.5) is 5.69 Å². The van der Waals surface area contributed by atoms with E-state index < -0.39 is 16.8 Å². The number of esters is 1. The minimum Gasteiger partial charge on any atom is -0.463 e. The van der Waals surface area contributed by atoms with Gasteiger partial charge in [0.1, 0.15) is 0 Å². The molecule has 0 heterocycles. The lowest BCUT2D eigenvalue weighted by atomic mass is 10.2. The lowest BCUT2D eigenvalue weighted by Gasteiger charge is -2.07. The predicted molar refractivity (Wildman–Crippen MR) is 76.0 cm³/mol. The van der Waals surface area contributed by atoms with Crippen LogP contribution in [0.25, 0.3) is 0 Å². The van der Waals surface area contributed by atoms with Crippen LogP contribution in [0.2, 0.25) is 5.02 Å². The summed E-state index contributed by atoms with van der Waals surface area (Å²) in [4.78, 5) is 33.2. The van der Waals surface area contributed by atoms with Crippen molar-refractivity contribution in [3.63, 3.8) is 0 Å². The van der Waals surface area contributed by atoms with Gasteiger partial charge in [-0.2, -0.15) is 0 Å². The molecule has 0 spiro atoms. The third-order valence-corrected chi connectivity index (χ3v) is 2.67. The molecule has 0 unspecified atom stereocenters. The van der Waals surface area contributed by atoms with Crippen LogP contribution in [-0.2, 0) is 9.53 Å². The van der Waals surface area contributed by atoms with Crippen molar-refractivity contribution in [1.29, 1.82) is 0 Å². The molecular formula is C13H13ClN2O5. The maximum Gasteiger partial charge on any atom is 0.332 e. The summed E-state index contributed by atoms with van der Waals surface area (Å²) in [5.41, 5.74) is -0.0694. The Balaban J connectivity index is 2.91. The van der Waals surface area contributed by atoms with Gasteiger partial charge in [-0.05, 0) is 19.9 Å². The van der Waals surface area contributed by atoms with Crippen molar-refractivity contribution < 1.29 is 19.2 Å². The molecule has 0 saturated carbocycles. The molecule has 0 saturated heterocycles. The third kappa shape index (κ3) is 4.88. The molecule has 0 aliphatic heterocycles. The number of nitro benzene ring substituents is 1. The standard InChI is InChI=1S/C13H13ClN2O5/c1-3-21-12(17)6-8(2)15-13(18)10-7-9(16(19)20)4-5-11(10)14/h4-7H,3H2,1-2H3,(H,15,18)/b8-6+. The van der Waals surface area contributed by atoms with E-state index in [2.05, 4.69) is 5.32 Å². The fourth-order valence-corrected chi connectivity index (χ4v) is 1.65. The number of amides is 1. The highest BCUT2D eigenvalue weighted by atomic mass is 35.5. The molecular weight excluding hydrogens is 300 g/mol. The summed E-state index contributed by atoms with van der Waals surface area (Å²) in [5, 5.41) is 13.2. The van der Waals surface area contributed by atoms with Gasteiger partial charge in [0.2, 0.25) is 0 Å². The van der Waals surface area contributed by atoms with Crippen LogP contribution in [0.5, 0.6) is 0 Å². The van der Waals surface area contributed by atoms with Crippen molar-refractivity contribution in [2.24, 2.45) is 0 Å². The van der Waals surface area contributed by atoms with E-state index in [9.17, 15) is 19.7 Å². The lowest BCUT2D eigenvalue weighted by Crippen LogP contribution is -2.22. The summed E-state index contributed by atoms with van der Waals surface area (Å²) in [6.07, 6.45) is 1.10. The SMILES string of the molecule is CCOC(=O)/C=C(\C)NC(=O)c1cc([N+](=O)[O-])ccc1Cl. The average Bonchev–Trinajstić information content (AvgIpc) is 2.38. The molecule has 1 aromatic carbocycles. The number of carbonyl (C=O) groups is 2. The van der Waals surface area contributed by atoms with Gasteiger partial charge >= 0.3 is 5.97 Å². The fraction of sp³-hybridized carbons (Fsp3) is 0.231. The predicted octanol–water partition coefficient (Wildman–Crippen LogP) is 2.44. The summed E-state index contributed by atoms with van der Waals surface area (Å²) in [6.45, 7) is 3.36. The van der Waals surface area contributed by atoms with Crippen LogP contribution in [0.3, 0.4) is 0 Å². The molecule has 1 rings (SSSR count). The molecule has 0 fully saturated rings. The molecule has 0 bridgehead atoms. The van der Waals surface area contributed by atoms with Crippen molar-refractivity contribution in [2.75, 3.05) is 6.61 Å². The Morgan fingerprint density at radius 3 is 2.71 bits per heavy atom. The number of ether oxygens (including phenoxy) is 1. The van der Waals surface area contributed by atoms with Gasteiger partial charge in [0.15, 0.2) is 0 Å². The van der Waals surface area contributed by atoms with Crippen molar-refractivity contribution >= 4 is 29.2 Å². The number of carbonyl (C=O) groups excluding carboxylic acids is 2. The van der Waals surface area contributed by atoms with E-state index in [4.69, 9.17) is 16.3 Å². The van der Waals surface area contributed by atoms with E-state index in [0.29, 0.717) is 0 Å². The first-order valence-electron chi connectivity index (χ1n) is 5.95. The Kier molecular flexibility index (Phi) is 5.86. The maximum atomic E-state index is 12.0. The molecule has 0 radical (unpaired) electrons. The summed E-state index contributed by atoms with van der Waals surface area (Å²) >= 11 is 5.84. The number of benzene rings is 1.